The van der Waals surface area contributed by atoms with Gasteiger partial charge in [-0.3, -0.25) is 30.0 Å². The molecule has 1 heterocycles. The SMILES string of the molecule is Cc1ccc(N2C[C@H](C(=O)OCC(=O)NNC(=O)c3ccc(Br)cc3)CC2=O)cc1. The number of hydrogen-bond acceptors (Lipinski definition) is 5. The van der Waals surface area contributed by atoms with Gasteiger partial charge in [0.25, 0.3) is 11.8 Å². The van der Waals surface area contributed by atoms with E-state index in [1.54, 1.807) is 24.3 Å². The third-order valence-corrected chi connectivity index (χ3v) is 5.10. The van der Waals surface area contributed by atoms with E-state index >= 15 is 0 Å². The summed E-state index contributed by atoms with van der Waals surface area (Å²) in [6, 6.07) is 14.0. The lowest BCUT2D eigenvalue weighted by atomic mass is 10.1. The minimum Gasteiger partial charge on any atom is -0.455 e. The number of esters is 1. The average Bonchev–Trinajstić information content (AvgIpc) is 3.13. The van der Waals surface area contributed by atoms with Gasteiger partial charge in [0.15, 0.2) is 6.61 Å². The molecule has 156 valence electrons. The number of nitrogens with one attached hydrogen (secondary N) is 2. The number of halogens is 1. The average molecular weight is 474 g/mol. The van der Waals surface area contributed by atoms with E-state index in [-0.39, 0.29) is 18.9 Å². The number of carbonyl (C=O) groups is 4. The number of anilines is 1. The van der Waals surface area contributed by atoms with Crippen molar-refractivity contribution in [2.75, 3.05) is 18.1 Å². The molecule has 0 aliphatic carbocycles. The molecule has 1 saturated heterocycles. The maximum atomic E-state index is 12.2. The van der Waals surface area contributed by atoms with Gasteiger partial charge in [0.2, 0.25) is 5.91 Å². The molecule has 9 heteroatoms. The zero-order valence-corrected chi connectivity index (χ0v) is 17.8. The minimum absolute atomic E-state index is 0.0225. The van der Waals surface area contributed by atoms with E-state index in [0.717, 1.165) is 10.0 Å². The van der Waals surface area contributed by atoms with Crippen LogP contribution >= 0.6 is 15.9 Å². The second-order valence-electron chi connectivity index (χ2n) is 6.86. The summed E-state index contributed by atoms with van der Waals surface area (Å²) in [5.74, 6) is -2.64. The molecule has 3 rings (SSSR count). The van der Waals surface area contributed by atoms with Crippen LogP contribution in [0.25, 0.3) is 0 Å². The maximum absolute atomic E-state index is 12.2. The predicted molar refractivity (Wildman–Crippen MR) is 112 cm³/mol. The summed E-state index contributed by atoms with van der Waals surface area (Å²) < 4.78 is 5.83. The zero-order valence-electron chi connectivity index (χ0n) is 16.2. The fourth-order valence-electron chi connectivity index (χ4n) is 2.93. The lowest BCUT2D eigenvalue weighted by molar-refractivity contribution is -0.152. The smallest absolute Gasteiger partial charge is 0.311 e. The highest BCUT2D eigenvalue weighted by molar-refractivity contribution is 9.10. The van der Waals surface area contributed by atoms with Crippen molar-refractivity contribution in [3.8, 4) is 0 Å². The summed E-state index contributed by atoms with van der Waals surface area (Å²) in [5, 5.41) is 0. The monoisotopic (exact) mass is 473 g/mol. The van der Waals surface area contributed by atoms with Gasteiger partial charge in [0, 0.05) is 28.7 Å². The standard InChI is InChI=1S/C21H20BrN3O5/c1-13-2-8-17(9-3-13)25-11-15(10-19(25)27)21(29)30-12-18(26)23-24-20(28)14-4-6-16(22)7-5-14/h2-9,15H,10-12H2,1H3,(H,23,26)(H,24,28)/t15-/m1/s1. The van der Waals surface area contributed by atoms with Crippen molar-refractivity contribution < 1.29 is 23.9 Å². The van der Waals surface area contributed by atoms with Crippen molar-refractivity contribution in [2.45, 2.75) is 13.3 Å². The first kappa shape index (κ1) is 21.5. The summed E-state index contributed by atoms with van der Waals surface area (Å²) in [4.78, 5) is 49.8. The molecule has 8 nitrogen and oxygen atoms in total. The Morgan fingerprint density at radius 2 is 1.73 bits per heavy atom. The lowest BCUT2D eigenvalue weighted by Gasteiger charge is -2.16. The number of rotatable bonds is 5. The molecule has 30 heavy (non-hydrogen) atoms. The van der Waals surface area contributed by atoms with Gasteiger partial charge >= 0.3 is 5.97 Å². The summed E-state index contributed by atoms with van der Waals surface area (Å²) >= 11 is 3.27. The highest BCUT2D eigenvalue weighted by Crippen LogP contribution is 2.26. The molecular formula is C21H20BrN3O5. The number of amides is 3. The third kappa shape index (κ3) is 5.44. The van der Waals surface area contributed by atoms with Crippen molar-refractivity contribution >= 4 is 45.3 Å². The van der Waals surface area contributed by atoms with Crippen LogP contribution in [0.5, 0.6) is 0 Å². The second kappa shape index (κ2) is 9.53. The van der Waals surface area contributed by atoms with Crippen LogP contribution in [0.1, 0.15) is 22.3 Å². The Balaban J connectivity index is 1.44. The Hall–Kier alpha value is -3.20. The maximum Gasteiger partial charge on any atom is 0.311 e. The van der Waals surface area contributed by atoms with Gasteiger partial charge in [0.1, 0.15) is 0 Å². The molecule has 1 atom stereocenters. The predicted octanol–water partition coefficient (Wildman–Crippen LogP) is 2.11. The van der Waals surface area contributed by atoms with Gasteiger partial charge in [-0.2, -0.15) is 0 Å². The Morgan fingerprint density at radius 3 is 2.40 bits per heavy atom. The van der Waals surface area contributed by atoms with Crippen LogP contribution in [0.3, 0.4) is 0 Å². The first-order chi connectivity index (χ1) is 14.3. The molecule has 1 fully saturated rings. The lowest BCUT2D eigenvalue weighted by Crippen LogP contribution is -2.43. The number of benzene rings is 2. The molecule has 2 aromatic rings. The van der Waals surface area contributed by atoms with E-state index in [1.807, 2.05) is 31.2 Å². The normalized spacial score (nSPS) is 15.6. The van der Waals surface area contributed by atoms with Crippen LogP contribution in [0.15, 0.2) is 53.0 Å². The van der Waals surface area contributed by atoms with E-state index < -0.39 is 30.3 Å². The number of hydrazine groups is 1. The van der Waals surface area contributed by atoms with Crippen molar-refractivity contribution in [3.63, 3.8) is 0 Å². The van der Waals surface area contributed by atoms with Gasteiger partial charge in [-0.05, 0) is 43.3 Å². The first-order valence-corrected chi connectivity index (χ1v) is 10.0. The number of aryl methyl sites for hydroxylation is 1. The van der Waals surface area contributed by atoms with Gasteiger partial charge in [0.05, 0.1) is 5.92 Å². The Kier molecular flexibility index (Phi) is 6.83. The van der Waals surface area contributed by atoms with Crippen LogP contribution in [0.2, 0.25) is 0 Å². The molecule has 2 N–H and O–H groups in total. The number of nitrogens with zero attached hydrogens (tertiary/aromatic N) is 1. The molecule has 1 aliphatic heterocycles. The Bertz CT molecular complexity index is 960. The van der Waals surface area contributed by atoms with Crippen molar-refractivity contribution in [1.29, 1.82) is 0 Å². The molecule has 0 radical (unpaired) electrons. The number of carbonyl (C=O) groups excluding carboxylic acids is 4. The molecule has 1 aliphatic rings. The van der Waals surface area contributed by atoms with E-state index in [9.17, 15) is 19.2 Å². The molecule has 0 bridgehead atoms. The van der Waals surface area contributed by atoms with Crippen LogP contribution in [0, 0.1) is 12.8 Å². The molecular weight excluding hydrogens is 454 g/mol. The zero-order chi connectivity index (χ0) is 21.7. The van der Waals surface area contributed by atoms with Crippen LogP contribution in [-0.2, 0) is 19.1 Å². The van der Waals surface area contributed by atoms with Crippen molar-refractivity contribution in [3.05, 3.63) is 64.1 Å². The minimum atomic E-state index is -0.687. The van der Waals surface area contributed by atoms with Crippen LogP contribution < -0.4 is 15.8 Å². The van der Waals surface area contributed by atoms with Gasteiger partial charge in [-0.1, -0.05) is 33.6 Å². The molecule has 0 aromatic heterocycles. The summed E-state index contributed by atoms with van der Waals surface area (Å²) in [5.41, 5.74) is 6.57. The fourth-order valence-corrected chi connectivity index (χ4v) is 3.19. The van der Waals surface area contributed by atoms with E-state index in [2.05, 4.69) is 26.8 Å². The molecule has 2 aromatic carbocycles. The van der Waals surface area contributed by atoms with Gasteiger partial charge < -0.3 is 9.64 Å². The summed E-state index contributed by atoms with van der Waals surface area (Å²) in [6.07, 6.45) is 0.0225. The van der Waals surface area contributed by atoms with Crippen molar-refractivity contribution in [2.24, 2.45) is 5.92 Å². The fraction of sp³-hybridized carbons (Fsp3) is 0.238. The molecule has 3 amide bonds. The number of ether oxygens (including phenoxy) is 1. The number of hydrogen-bond donors (Lipinski definition) is 2. The Labute approximate surface area is 181 Å². The van der Waals surface area contributed by atoms with Crippen LogP contribution in [-0.4, -0.2) is 36.8 Å². The summed E-state index contributed by atoms with van der Waals surface area (Å²) in [7, 11) is 0. The Morgan fingerprint density at radius 1 is 1.07 bits per heavy atom. The van der Waals surface area contributed by atoms with Gasteiger partial charge in [-0.15, -0.1) is 0 Å². The van der Waals surface area contributed by atoms with E-state index in [0.29, 0.717) is 11.3 Å². The summed E-state index contributed by atoms with van der Waals surface area (Å²) in [6.45, 7) is 1.58. The van der Waals surface area contributed by atoms with Crippen molar-refractivity contribution in [1.82, 2.24) is 10.9 Å². The molecule has 0 spiro atoms. The van der Waals surface area contributed by atoms with E-state index in [1.165, 1.54) is 4.90 Å². The molecule has 0 saturated carbocycles. The van der Waals surface area contributed by atoms with E-state index in [4.69, 9.17) is 4.74 Å². The second-order valence-corrected chi connectivity index (χ2v) is 7.77. The third-order valence-electron chi connectivity index (χ3n) is 4.57. The first-order valence-electron chi connectivity index (χ1n) is 9.22. The topological polar surface area (TPSA) is 105 Å². The van der Waals surface area contributed by atoms with Crippen LogP contribution in [0.4, 0.5) is 5.69 Å². The molecule has 0 unspecified atom stereocenters. The highest BCUT2D eigenvalue weighted by atomic mass is 79.9. The largest absolute Gasteiger partial charge is 0.455 e. The highest BCUT2D eigenvalue weighted by Gasteiger charge is 2.36. The van der Waals surface area contributed by atoms with Gasteiger partial charge in [-0.25, -0.2) is 0 Å². The quantitative estimate of drug-likeness (QED) is 0.511.